The van der Waals surface area contributed by atoms with Gasteiger partial charge in [0, 0.05) is 43.0 Å². The van der Waals surface area contributed by atoms with Crippen molar-refractivity contribution in [3.63, 3.8) is 0 Å². The molecule has 0 saturated carbocycles. The number of rotatable bonds is 11. The molecule has 0 aliphatic carbocycles. The molecule has 0 radical (unpaired) electrons. The van der Waals surface area contributed by atoms with Crippen LogP contribution in [0.15, 0.2) is 133 Å². The minimum absolute atomic E-state index is 0.0149. The Balaban J connectivity index is 1.12. The van der Waals surface area contributed by atoms with E-state index in [0.29, 0.717) is 30.3 Å². The summed E-state index contributed by atoms with van der Waals surface area (Å²) in [6.45, 7) is 0.863. The first kappa shape index (κ1) is 32.3. The summed E-state index contributed by atoms with van der Waals surface area (Å²) in [5.41, 5.74) is 6.86. The van der Waals surface area contributed by atoms with Crippen LogP contribution >= 0.6 is 11.8 Å². The maximum Gasteiger partial charge on any atom is 0.315 e. The van der Waals surface area contributed by atoms with E-state index in [1.165, 1.54) is 18.0 Å². The third-order valence-electron chi connectivity index (χ3n) is 8.01. The third-order valence-corrected chi connectivity index (χ3v) is 9.16. The van der Waals surface area contributed by atoms with Gasteiger partial charge in [0.1, 0.15) is 0 Å². The summed E-state index contributed by atoms with van der Waals surface area (Å²) in [5.74, 6) is 0.598. The summed E-state index contributed by atoms with van der Waals surface area (Å²) in [6, 6.07) is 39.0. The van der Waals surface area contributed by atoms with Crippen LogP contribution in [0, 0.1) is 5.21 Å². The van der Waals surface area contributed by atoms with E-state index in [9.17, 15) is 15.1 Å². The van der Waals surface area contributed by atoms with E-state index in [2.05, 4.69) is 28.8 Å². The molecular formula is C38H37N3O5S. The zero-order valence-electron chi connectivity index (χ0n) is 25.8. The van der Waals surface area contributed by atoms with Crippen molar-refractivity contribution in [3.8, 4) is 11.1 Å². The minimum Gasteiger partial charge on any atom is -0.618 e. The number of hydrogen-bond donors (Lipinski definition) is 3. The maximum atomic E-state index is 12.4. The number of aromatic nitrogens is 1. The summed E-state index contributed by atoms with van der Waals surface area (Å²) in [5, 5.41) is 28.2. The fraction of sp³-hybridized carbons (Fsp3) is 0.211. The van der Waals surface area contributed by atoms with Gasteiger partial charge in [-0.1, -0.05) is 109 Å². The Morgan fingerprint density at radius 2 is 1.47 bits per heavy atom. The molecule has 240 valence electrons. The van der Waals surface area contributed by atoms with E-state index < -0.39 is 6.29 Å². The summed E-state index contributed by atoms with van der Waals surface area (Å²) in [6.07, 6.45) is 1.17. The Morgan fingerprint density at radius 1 is 0.766 bits per heavy atom. The Hall–Kier alpha value is -4.67. The van der Waals surface area contributed by atoms with Crippen LogP contribution in [0.4, 0.5) is 4.79 Å². The van der Waals surface area contributed by atoms with Crippen LogP contribution in [0.1, 0.15) is 46.6 Å². The van der Waals surface area contributed by atoms with Crippen molar-refractivity contribution in [2.75, 3.05) is 5.75 Å². The molecule has 1 aliphatic rings. The number of carbonyl (C=O) groups excluding carboxylic acids is 1. The molecule has 0 unspecified atom stereocenters. The number of ether oxygens (including phenoxy) is 2. The van der Waals surface area contributed by atoms with Crippen molar-refractivity contribution in [3.05, 3.63) is 161 Å². The van der Waals surface area contributed by atoms with Crippen LogP contribution < -0.4 is 15.4 Å². The predicted molar refractivity (Wildman–Crippen MR) is 182 cm³/mol. The maximum absolute atomic E-state index is 12.4. The minimum atomic E-state index is -0.592. The molecule has 3 N–H and O–H groups in total. The molecule has 2 heterocycles. The van der Waals surface area contributed by atoms with Crippen LogP contribution in [0.2, 0.25) is 0 Å². The monoisotopic (exact) mass is 647 g/mol. The lowest BCUT2D eigenvalue weighted by atomic mass is 9.99. The molecule has 47 heavy (non-hydrogen) atoms. The molecule has 6 rings (SSSR count). The molecule has 5 aromatic rings. The number of pyridine rings is 1. The molecule has 0 bridgehead atoms. The molecule has 4 aromatic carbocycles. The number of carbonyl (C=O) groups is 1. The summed E-state index contributed by atoms with van der Waals surface area (Å²) < 4.78 is 13.8. The number of urea groups is 1. The van der Waals surface area contributed by atoms with Crippen molar-refractivity contribution >= 4 is 17.8 Å². The van der Waals surface area contributed by atoms with Crippen molar-refractivity contribution in [1.29, 1.82) is 0 Å². The van der Waals surface area contributed by atoms with Gasteiger partial charge in [-0.3, -0.25) is 0 Å². The molecule has 9 heteroatoms. The highest BCUT2D eigenvalue weighted by Crippen LogP contribution is 2.39. The van der Waals surface area contributed by atoms with E-state index in [1.54, 1.807) is 6.07 Å². The molecule has 1 fully saturated rings. The van der Waals surface area contributed by atoms with E-state index >= 15 is 0 Å². The topological polar surface area (TPSA) is 107 Å². The summed E-state index contributed by atoms with van der Waals surface area (Å²) >= 11 is 1.47. The second kappa shape index (κ2) is 15.8. The number of nitrogens with one attached hydrogen (secondary N) is 2. The number of thioether (sulfide) groups is 1. The van der Waals surface area contributed by atoms with Gasteiger partial charge in [0.15, 0.2) is 12.5 Å². The van der Waals surface area contributed by atoms with Gasteiger partial charge >= 0.3 is 6.03 Å². The van der Waals surface area contributed by atoms with Gasteiger partial charge in [-0.25, -0.2) is 4.79 Å². The van der Waals surface area contributed by atoms with Crippen molar-refractivity contribution in [1.82, 2.24) is 10.6 Å². The fourth-order valence-corrected chi connectivity index (χ4v) is 6.38. The van der Waals surface area contributed by atoms with Crippen LogP contribution in [0.3, 0.4) is 0 Å². The Labute approximate surface area is 279 Å². The highest BCUT2D eigenvalue weighted by atomic mass is 32.2. The smallest absolute Gasteiger partial charge is 0.315 e. The normalized spacial score (nSPS) is 17.6. The van der Waals surface area contributed by atoms with Gasteiger partial charge in [0.2, 0.25) is 0 Å². The highest BCUT2D eigenvalue weighted by Gasteiger charge is 2.32. The quantitative estimate of drug-likeness (QED) is 0.0826. The Bertz CT molecular complexity index is 1750. The number of hydrogen-bond acceptors (Lipinski definition) is 6. The molecule has 1 aliphatic heterocycles. The van der Waals surface area contributed by atoms with Gasteiger partial charge in [0.25, 0.3) is 5.03 Å². The van der Waals surface area contributed by atoms with E-state index in [-0.39, 0.29) is 24.8 Å². The molecule has 1 aromatic heterocycles. The summed E-state index contributed by atoms with van der Waals surface area (Å²) in [4.78, 5) is 12.4. The number of nitrogens with zero attached hydrogens (tertiary/aromatic N) is 1. The first-order valence-electron chi connectivity index (χ1n) is 15.6. The van der Waals surface area contributed by atoms with Crippen LogP contribution in [0.5, 0.6) is 0 Å². The second-order valence-corrected chi connectivity index (χ2v) is 12.4. The number of amides is 2. The molecule has 8 nitrogen and oxygen atoms in total. The number of aliphatic hydroxyl groups excluding tert-OH is 1. The van der Waals surface area contributed by atoms with Crippen molar-refractivity contribution in [2.24, 2.45) is 0 Å². The Kier molecular flexibility index (Phi) is 10.8. The van der Waals surface area contributed by atoms with E-state index in [4.69, 9.17) is 9.47 Å². The lowest BCUT2D eigenvalue weighted by molar-refractivity contribution is -0.645. The van der Waals surface area contributed by atoms with Gasteiger partial charge in [-0.15, -0.1) is 0 Å². The predicted octanol–water partition coefficient (Wildman–Crippen LogP) is 6.82. The SMILES string of the molecule is O=C(NCc1ccccc1)NCc1cccc(-c2ccc([C@@H]3O[C@H](CSc4cccc[n+]4[O-])C[C@H](c4ccc(CO)cc4)O3)cc2)c1. The average Bonchev–Trinajstić information content (AvgIpc) is 3.13. The van der Waals surface area contributed by atoms with Crippen LogP contribution in [0.25, 0.3) is 11.1 Å². The zero-order chi connectivity index (χ0) is 32.4. The summed E-state index contributed by atoms with van der Waals surface area (Å²) in [7, 11) is 0. The Morgan fingerprint density at radius 3 is 2.21 bits per heavy atom. The van der Waals surface area contributed by atoms with Crippen LogP contribution in [-0.4, -0.2) is 23.0 Å². The largest absolute Gasteiger partial charge is 0.618 e. The van der Waals surface area contributed by atoms with Gasteiger partial charge in [0.05, 0.1) is 18.8 Å². The van der Waals surface area contributed by atoms with Crippen molar-refractivity contribution in [2.45, 2.75) is 49.6 Å². The first-order chi connectivity index (χ1) is 23.0. The van der Waals surface area contributed by atoms with E-state index in [1.807, 2.05) is 97.1 Å². The highest BCUT2D eigenvalue weighted by molar-refractivity contribution is 7.99. The van der Waals surface area contributed by atoms with Gasteiger partial charge in [-0.2, -0.15) is 4.73 Å². The van der Waals surface area contributed by atoms with Gasteiger partial charge < -0.3 is 30.4 Å². The third kappa shape index (κ3) is 8.78. The number of aliphatic hydroxyl groups is 1. The van der Waals surface area contributed by atoms with E-state index in [0.717, 1.165) is 43.7 Å². The molecule has 3 atom stereocenters. The lowest BCUT2D eigenvalue weighted by Crippen LogP contribution is -2.34. The molecular weight excluding hydrogens is 611 g/mol. The standard InChI is InChI=1S/C38H37N3O5S/c42-25-28-12-14-31(15-13-28)35-22-34(26-47-36-11-4-5-20-41(36)44)45-37(46-35)32-18-16-30(17-19-32)33-10-6-9-29(21-33)24-40-38(43)39-23-27-7-2-1-3-8-27/h1-21,34-35,37,42H,22-26H2,(H2,39,40,43)/t34-,35+,37+/m0/s1. The van der Waals surface area contributed by atoms with Gasteiger partial charge in [-0.05, 0) is 45.5 Å². The molecule has 1 saturated heterocycles. The first-order valence-corrected chi connectivity index (χ1v) is 16.6. The second-order valence-electron chi connectivity index (χ2n) is 11.4. The average molecular weight is 648 g/mol. The zero-order valence-corrected chi connectivity index (χ0v) is 26.6. The lowest BCUT2D eigenvalue weighted by Gasteiger charge is -2.36. The number of benzene rings is 4. The van der Waals surface area contributed by atoms with Crippen molar-refractivity contribution < 1.29 is 24.1 Å². The van der Waals surface area contributed by atoms with Crippen LogP contribution in [-0.2, 0) is 29.2 Å². The fourth-order valence-electron chi connectivity index (χ4n) is 5.44. The molecule has 0 spiro atoms. The molecule has 2 amide bonds.